The van der Waals surface area contributed by atoms with Gasteiger partial charge in [0, 0.05) is 13.1 Å². The van der Waals surface area contributed by atoms with Crippen molar-refractivity contribution in [2.24, 2.45) is 0 Å². The highest BCUT2D eigenvalue weighted by atomic mass is 79.9. The van der Waals surface area contributed by atoms with E-state index in [1.807, 2.05) is 25.1 Å². The van der Waals surface area contributed by atoms with Gasteiger partial charge >= 0.3 is 0 Å². The molecule has 0 N–H and O–H groups in total. The number of rotatable bonds is 4. The SMILES string of the molecule is CCN(Cc1ccccc1C#N)C(=O)c1cccc(Br)n1. The fourth-order valence-corrected chi connectivity index (χ4v) is 2.33. The van der Waals surface area contributed by atoms with E-state index in [1.165, 1.54) is 0 Å². The van der Waals surface area contributed by atoms with Crippen molar-refractivity contribution >= 4 is 21.8 Å². The quantitative estimate of drug-likeness (QED) is 0.799. The highest BCUT2D eigenvalue weighted by molar-refractivity contribution is 9.10. The summed E-state index contributed by atoms with van der Waals surface area (Å²) in [6.45, 7) is 2.85. The molecule has 4 nitrogen and oxygen atoms in total. The summed E-state index contributed by atoms with van der Waals surface area (Å²) in [6.07, 6.45) is 0. The molecule has 1 aromatic heterocycles. The van der Waals surface area contributed by atoms with Crippen LogP contribution in [-0.2, 0) is 6.54 Å². The molecule has 5 heteroatoms. The summed E-state index contributed by atoms with van der Waals surface area (Å²) in [7, 11) is 0. The molecular formula is C16H14BrN3O. The third-order valence-electron chi connectivity index (χ3n) is 3.10. The van der Waals surface area contributed by atoms with Gasteiger partial charge in [-0.3, -0.25) is 4.79 Å². The lowest BCUT2D eigenvalue weighted by molar-refractivity contribution is 0.0746. The average molecular weight is 344 g/mol. The van der Waals surface area contributed by atoms with Crippen LogP contribution in [0.4, 0.5) is 0 Å². The number of hydrogen-bond donors (Lipinski definition) is 0. The van der Waals surface area contributed by atoms with Crippen LogP contribution in [0.5, 0.6) is 0 Å². The average Bonchev–Trinajstić information content (AvgIpc) is 2.52. The first-order valence-electron chi connectivity index (χ1n) is 6.55. The normalized spacial score (nSPS) is 9.95. The summed E-state index contributed by atoms with van der Waals surface area (Å²) in [5.41, 5.74) is 1.82. The maximum Gasteiger partial charge on any atom is 0.272 e. The van der Waals surface area contributed by atoms with Crippen molar-refractivity contribution < 1.29 is 4.79 Å². The van der Waals surface area contributed by atoms with E-state index < -0.39 is 0 Å². The smallest absolute Gasteiger partial charge is 0.272 e. The Hall–Kier alpha value is -2.19. The van der Waals surface area contributed by atoms with Gasteiger partial charge in [0.1, 0.15) is 10.3 Å². The summed E-state index contributed by atoms with van der Waals surface area (Å²) in [5, 5.41) is 9.12. The summed E-state index contributed by atoms with van der Waals surface area (Å²) in [5.74, 6) is -0.147. The molecule has 106 valence electrons. The molecule has 0 bridgehead atoms. The van der Waals surface area contributed by atoms with Crippen molar-refractivity contribution in [2.45, 2.75) is 13.5 Å². The molecule has 0 saturated heterocycles. The summed E-state index contributed by atoms with van der Waals surface area (Å²) in [4.78, 5) is 18.3. The minimum atomic E-state index is -0.147. The van der Waals surface area contributed by atoms with Gasteiger partial charge in [-0.25, -0.2) is 4.98 Å². The van der Waals surface area contributed by atoms with Crippen molar-refractivity contribution in [3.63, 3.8) is 0 Å². The number of nitriles is 1. The lowest BCUT2D eigenvalue weighted by Gasteiger charge is -2.21. The Morgan fingerprint density at radius 2 is 2.05 bits per heavy atom. The molecular weight excluding hydrogens is 330 g/mol. The van der Waals surface area contributed by atoms with E-state index in [4.69, 9.17) is 5.26 Å². The number of hydrogen-bond acceptors (Lipinski definition) is 3. The predicted molar refractivity (Wildman–Crippen MR) is 83.5 cm³/mol. The lowest BCUT2D eigenvalue weighted by atomic mass is 10.1. The Balaban J connectivity index is 2.24. The van der Waals surface area contributed by atoms with Gasteiger partial charge in [-0.05, 0) is 46.6 Å². The highest BCUT2D eigenvalue weighted by Gasteiger charge is 2.17. The van der Waals surface area contributed by atoms with E-state index in [0.29, 0.717) is 29.0 Å². The molecule has 0 fully saturated rings. The number of pyridine rings is 1. The topological polar surface area (TPSA) is 57.0 Å². The highest BCUT2D eigenvalue weighted by Crippen LogP contribution is 2.14. The molecule has 0 aliphatic carbocycles. The molecule has 0 aliphatic heterocycles. The van der Waals surface area contributed by atoms with E-state index in [0.717, 1.165) is 5.56 Å². The van der Waals surface area contributed by atoms with Crippen molar-refractivity contribution in [1.82, 2.24) is 9.88 Å². The lowest BCUT2D eigenvalue weighted by Crippen LogP contribution is -2.31. The molecule has 2 rings (SSSR count). The van der Waals surface area contributed by atoms with Crippen LogP contribution in [0.2, 0.25) is 0 Å². The number of carbonyl (C=O) groups excluding carboxylic acids is 1. The molecule has 0 spiro atoms. The largest absolute Gasteiger partial charge is 0.333 e. The third-order valence-corrected chi connectivity index (χ3v) is 3.54. The first kappa shape index (κ1) is 15.2. The Labute approximate surface area is 132 Å². The number of nitrogens with zero attached hydrogens (tertiary/aromatic N) is 3. The molecule has 0 saturated carbocycles. The third kappa shape index (κ3) is 3.67. The number of amides is 1. The number of carbonyl (C=O) groups is 1. The van der Waals surface area contributed by atoms with E-state index >= 15 is 0 Å². The van der Waals surface area contributed by atoms with Gasteiger partial charge in [0.15, 0.2) is 0 Å². The second-order valence-corrected chi connectivity index (χ2v) is 5.25. The molecule has 0 aliphatic rings. The molecule has 21 heavy (non-hydrogen) atoms. The van der Waals surface area contributed by atoms with E-state index in [-0.39, 0.29) is 5.91 Å². The summed E-state index contributed by atoms with van der Waals surface area (Å²) >= 11 is 3.27. The van der Waals surface area contributed by atoms with Crippen LogP contribution < -0.4 is 0 Å². The molecule has 0 radical (unpaired) electrons. The first-order chi connectivity index (χ1) is 10.2. The Morgan fingerprint density at radius 3 is 2.71 bits per heavy atom. The fourth-order valence-electron chi connectivity index (χ4n) is 1.99. The standard InChI is InChI=1S/C16H14BrN3O/c1-2-20(11-13-7-4-3-6-12(13)10-18)16(21)14-8-5-9-15(17)19-14/h3-9H,2,11H2,1H3. The van der Waals surface area contributed by atoms with Crippen molar-refractivity contribution in [2.75, 3.05) is 6.54 Å². The zero-order chi connectivity index (χ0) is 15.2. The van der Waals surface area contributed by atoms with Crippen LogP contribution in [0.1, 0.15) is 28.5 Å². The summed E-state index contributed by atoms with van der Waals surface area (Å²) in [6, 6.07) is 14.7. The van der Waals surface area contributed by atoms with Crippen LogP contribution in [0.3, 0.4) is 0 Å². The Kier molecular flexibility index (Phi) is 5.07. The predicted octanol–water partition coefficient (Wildman–Crippen LogP) is 3.38. The Morgan fingerprint density at radius 1 is 1.29 bits per heavy atom. The van der Waals surface area contributed by atoms with Crippen molar-refractivity contribution in [1.29, 1.82) is 5.26 Å². The van der Waals surface area contributed by atoms with Gasteiger partial charge in [0.25, 0.3) is 5.91 Å². The molecule has 0 atom stereocenters. The first-order valence-corrected chi connectivity index (χ1v) is 7.35. The van der Waals surface area contributed by atoms with Crippen molar-refractivity contribution in [3.8, 4) is 6.07 Å². The second kappa shape index (κ2) is 7.00. The van der Waals surface area contributed by atoms with Crippen LogP contribution >= 0.6 is 15.9 Å². The molecule has 1 amide bonds. The van der Waals surface area contributed by atoms with Gasteiger partial charge in [0.05, 0.1) is 11.6 Å². The van der Waals surface area contributed by atoms with Crippen LogP contribution in [0.25, 0.3) is 0 Å². The monoisotopic (exact) mass is 343 g/mol. The van der Waals surface area contributed by atoms with Gasteiger partial charge in [0.2, 0.25) is 0 Å². The fraction of sp³-hybridized carbons (Fsp3) is 0.188. The Bertz CT molecular complexity index is 694. The number of halogens is 1. The van der Waals surface area contributed by atoms with E-state index in [1.54, 1.807) is 29.2 Å². The van der Waals surface area contributed by atoms with Crippen LogP contribution in [0.15, 0.2) is 47.1 Å². The van der Waals surface area contributed by atoms with Crippen molar-refractivity contribution in [3.05, 3.63) is 63.9 Å². The maximum absolute atomic E-state index is 12.5. The molecule has 0 unspecified atom stereocenters. The minimum Gasteiger partial charge on any atom is -0.333 e. The van der Waals surface area contributed by atoms with Gasteiger partial charge in [-0.1, -0.05) is 24.3 Å². The number of aromatic nitrogens is 1. The van der Waals surface area contributed by atoms with Crippen LogP contribution in [0, 0.1) is 11.3 Å². The maximum atomic E-state index is 12.5. The van der Waals surface area contributed by atoms with E-state index in [9.17, 15) is 4.79 Å². The van der Waals surface area contributed by atoms with Gasteiger partial charge in [-0.15, -0.1) is 0 Å². The second-order valence-electron chi connectivity index (χ2n) is 4.43. The molecule has 1 aromatic carbocycles. The van der Waals surface area contributed by atoms with Gasteiger partial charge < -0.3 is 4.90 Å². The zero-order valence-corrected chi connectivity index (χ0v) is 13.2. The minimum absolute atomic E-state index is 0.147. The van der Waals surface area contributed by atoms with E-state index in [2.05, 4.69) is 27.0 Å². The van der Waals surface area contributed by atoms with Gasteiger partial charge in [-0.2, -0.15) is 5.26 Å². The van der Waals surface area contributed by atoms with Crippen LogP contribution in [-0.4, -0.2) is 22.3 Å². The zero-order valence-electron chi connectivity index (χ0n) is 11.6. The molecule has 2 aromatic rings. The molecule has 1 heterocycles. The number of benzene rings is 1. The summed E-state index contributed by atoms with van der Waals surface area (Å²) < 4.78 is 0.627.